The van der Waals surface area contributed by atoms with Gasteiger partial charge < -0.3 is 11.0 Å². The Balaban J connectivity index is 0. The summed E-state index contributed by atoms with van der Waals surface area (Å²) in [7, 11) is 0. The maximum atomic E-state index is 0. The van der Waals surface area contributed by atoms with Crippen LogP contribution in [0.25, 0.3) is 0 Å². The third-order valence-corrected chi connectivity index (χ3v) is 0. The second kappa shape index (κ2) is 33.3. The molecule has 0 aromatic heterocycles. The van der Waals surface area contributed by atoms with Crippen LogP contribution >= 0.6 is 0 Å². The zero-order chi connectivity index (χ0) is 0. The summed E-state index contributed by atoms with van der Waals surface area (Å²) in [5.41, 5.74) is 0. The van der Waals surface area contributed by atoms with Crippen molar-refractivity contribution in [3.05, 3.63) is 0 Å². The van der Waals surface area contributed by atoms with E-state index in [4.69, 9.17) is 0 Å². The molecule has 0 fully saturated rings. The Labute approximate surface area is 48.1 Å². The molecular weight excluding hydrogens is 124 g/mol. The van der Waals surface area contributed by atoms with Gasteiger partial charge in [-0.15, -0.1) is 0 Å². The quantitative estimate of drug-likeness (QED) is 0.372. The normalized spacial score (nSPS) is 0. The van der Waals surface area contributed by atoms with Crippen molar-refractivity contribution >= 4 is 17.4 Å². The summed E-state index contributed by atoms with van der Waals surface area (Å²) < 4.78 is 0. The van der Waals surface area contributed by atoms with Gasteiger partial charge in [0.05, 0.1) is 0 Å². The summed E-state index contributed by atoms with van der Waals surface area (Å²) in [5, 5.41) is 0. The predicted octanol–water partition coefficient (Wildman–Crippen LogP) is -1.54. The van der Waals surface area contributed by atoms with E-state index >= 15 is 0 Å². The molecular formula is H5AlO2Zn. The molecule has 0 aliphatic rings. The van der Waals surface area contributed by atoms with Crippen LogP contribution in [-0.4, -0.2) is 28.3 Å². The molecule has 2 N–H and O–H groups in total. The van der Waals surface area contributed by atoms with Gasteiger partial charge in [0.15, 0.2) is 17.4 Å². The maximum absolute atomic E-state index is 0. The molecule has 0 saturated carbocycles. The van der Waals surface area contributed by atoms with Crippen LogP contribution in [0.5, 0.6) is 0 Å². The Morgan fingerprint density at radius 3 is 0.750 bits per heavy atom. The summed E-state index contributed by atoms with van der Waals surface area (Å²) in [4.78, 5) is 0. The molecule has 0 aliphatic heterocycles. The Hall–Kier alpha value is 1.08. The van der Waals surface area contributed by atoms with Crippen LogP contribution in [0.1, 0.15) is 0 Å². The standard InChI is InChI=1S/Al.2H2O.Zn.3H/h;2*1H2;;;;/q;;;+2;;;/p-2. The van der Waals surface area contributed by atoms with E-state index in [1.807, 2.05) is 0 Å². The van der Waals surface area contributed by atoms with Gasteiger partial charge in [-0.25, -0.2) is 0 Å². The fraction of sp³-hybridized carbons (Fsp3) is 0. The minimum absolute atomic E-state index is 0. The van der Waals surface area contributed by atoms with E-state index in [0.717, 1.165) is 0 Å². The molecule has 22 valence electrons. The van der Waals surface area contributed by atoms with E-state index in [0.29, 0.717) is 0 Å². The minimum Gasteiger partial charge on any atom is -0.870 e. The Morgan fingerprint density at radius 1 is 0.750 bits per heavy atom. The first-order valence-corrected chi connectivity index (χ1v) is 0. The van der Waals surface area contributed by atoms with Gasteiger partial charge in [-0.3, -0.25) is 0 Å². The molecule has 0 aliphatic carbocycles. The Kier molecular flexibility index (Phi) is 607. The van der Waals surface area contributed by atoms with Crippen LogP contribution in [-0.2, 0) is 19.5 Å². The van der Waals surface area contributed by atoms with Crippen LogP contribution < -0.4 is 0 Å². The third kappa shape index (κ3) is 11.5. The number of hydrogen-bond donors (Lipinski definition) is 0. The van der Waals surface area contributed by atoms with E-state index in [2.05, 4.69) is 0 Å². The van der Waals surface area contributed by atoms with Crippen LogP contribution in [0.2, 0.25) is 0 Å². The molecule has 0 bridgehead atoms. The summed E-state index contributed by atoms with van der Waals surface area (Å²) in [6, 6.07) is 0. The van der Waals surface area contributed by atoms with Gasteiger partial charge in [-0.05, 0) is 0 Å². The van der Waals surface area contributed by atoms with Crippen molar-refractivity contribution in [2.24, 2.45) is 0 Å². The van der Waals surface area contributed by atoms with Gasteiger partial charge >= 0.3 is 19.5 Å². The first-order chi connectivity index (χ1) is 0. The first-order valence-electron chi connectivity index (χ1n) is 0. The molecule has 0 rings (SSSR count). The van der Waals surface area contributed by atoms with Crippen LogP contribution in [0, 0.1) is 0 Å². The van der Waals surface area contributed by atoms with E-state index in [9.17, 15) is 0 Å². The van der Waals surface area contributed by atoms with E-state index in [1.165, 1.54) is 0 Å². The average molecular weight is 129 g/mol. The van der Waals surface area contributed by atoms with Crippen molar-refractivity contribution in [3.8, 4) is 0 Å². The van der Waals surface area contributed by atoms with E-state index < -0.39 is 0 Å². The minimum atomic E-state index is 0. The summed E-state index contributed by atoms with van der Waals surface area (Å²) in [6.07, 6.45) is 0. The van der Waals surface area contributed by atoms with Crippen molar-refractivity contribution in [1.29, 1.82) is 0 Å². The number of hydrogen-bond acceptors (Lipinski definition) is 2. The molecule has 0 spiro atoms. The fourth-order valence-corrected chi connectivity index (χ4v) is 0. The molecule has 0 radical (unpaired) electrons. The number of rotatable bonds is 0. The summed E-state index contributed by atoms with van der Waals surface area (Å²) in [5.74, 6) is 0. The first kappa shape index (κ1) is 72.9. The Bertz CT molecular complexity index is 6.00. The van der Waals surface area contributed by atoms with Gasteiger partial charge in [-0.1, -0.05) is 0 Å². The molecule has 4 heavy (non-hydrogen) atoms. The molecule has 0 atom stereocenters. The third-order valence-electron chi connectivity index (χ3n) is 0. The smallest absolute Gasteiger partial charge is 0.870 e. The van der Waals surface area contributed by atoms with Gasteiger partial charge in [0.25, 0.3) is 0 Å². The van der Waals surface area contributed by atoms with Gasteiger partial charge in [-0.2, -0.15) is 0 Å². The summed E-state index contributed by atoms with van der Waals surface area (Å²) in [6.45, 7) is 0. The van der Waals surface area contributed by atoms with E-state index in [-0.39, 0.29) is 47.8 Å². The zero-order valence-electron chi connectivity index (χ0n) is 1.60. The Morgan fingerprint density at radius 2 is 0.750 bits per heavy atom. The van der Waals surface area contributed by atoms with Crippen molar-refractivity contribution in [1.82, 2.24) is 0 Å². The molecule has 0 unspecified atom stereocenters. The maximum Gasteiger partial charge on any atom is 2.00 e. The zero-order valence-corrected chi connectivity index (χ0v) is 4.57. The molecule has 0 aromatic carbocycles. The van der Waals surface area contributed by atoms with Gasteiger partial charge in [0.2, 0.25) is 0 Å². The van der Waals surface area contributed by atoms with Crippen molar-refractivity contribution in [2.45, 2.75) is 0 Å². The monoisotopic (exact) mass is 128 g/mol. The topological polar surface area (TPSA) is 60.0 Å². The van der Waals surface area contributed by atoms with Crippen molar-refractivity contribution < 1.29 is 30.4 Å². The van der Waals surface area contributed by atoms with Gasteiger partial charge in [0, 0.05) is 0 Å². The van der Waals surface area contributed by atoms with Crippen LogP contribution in [0.4, 0.5) is 0 Å². The van der Waals surface area contributed by atoms with Crippen LogP contribution in [0.3, 0.4) is 0 Å². The van der Waals surface area contributed by atoms with Crippen LogP contribution in [0.15, 0.2) is 0 Å². The predicted molar refractivity (Wildman–Crippen MR) is 13.8 cm³/mol. The van der Waals surface area contributed by atoms with Gasteiger partial charge in [0.1, 0.15) is 0 Å². The summed E-state index contributed by atoms with van der Waals surface area (Å²) >= 11 is 0. The van der Waals surface area contributed by atoms with Crippen molar-refractivity contribution in [3.63, 3.8) is 0 Å². The second-order valence-electron chi connectivity index (χ2n) is 0. The van der Waals surface area contributed by atoms with E-state index in [1.54, 1.807) is 0 Å². The molecule has 0 amide bonds. The SMILES string of the molecule is [AlH3].[OH-].[OH-].[Zn+2]. The average Bonchev–Trinajstić information content (AvgIpc) is 0. The van der Waals surface area contributed by atoms with Crippen molar-refractivity contribution in [2.75, 3.05) is 0 Å². The molecule has 0 heterocycles. The fourth-order valence-electron chi connectivity index (χ4n) is 0. The molecule has 0 saturated heterocycles. The molecule has 4 heteroatoms. The largest absolute Gasteiger partial charge is 2.00 e. The molecule has 2 nitrogen and oxygen atoms in total. The second-order valence-corrected chi connectivity index (χ2v) is 0. The molecule has 0 aromatic rings.